The number of anilines is 3. The van der Waals surface area contributed by atoms with Gasteiger partial charge in [0, 0.05) is 24.0 Å². The maximum atomic E-state index is 13.8. The monoisotopic (exact) mass is 419 g/mol. The molecule has 1 aromatic heterocycles. The van der Waals surface area contributed by atoms with Gasteiger partial charge >= 0.3 is 0 Å². The van der Waals surface area contributed by atoms with E-state index in [4.69, 9.17) is 4.42 Å². The summed E-state index contributed by atoms with van der Waals surface area (Å²) in [5.74, 6) is -0.671. The first-order chi connectivity index (χ1) is 15.1. The second-order valence-corrected chi connectivity index (χ2v) is 8.14. The molecule has 1 saturated carbocycles. The number of benzene rings is 2. The smallest absolute Gasteiger partial charge is 0.258 e. The highest BCUT2D eigenvalue weighted by Crippen LogP contribution is 2.40. The molecule has 2 heterocycles. The van der Waals surface area contributed by atoms with Crippen molar-refractivity contribution in [2.75, 3.05) is 22.1 Å². The fourth-order valence-corrected chi connectivity index (χ4v) is 4.58. The minimum Gasteiger partial charge on any atom is -0.472 e. The number of fused-ring (bicyclic) bond motifs is 2. The third kappa shape index (κ3) is 3.91. The van der Waals surface area contributed by atoms with E-state index in [9.17, 15) is 14.0 Å². The van der Waals surface area contributed by atoms with Crippen molar-refractivity contribution >= 4 is 28.9 Å². The van der Waals surface area contributed by atoms with Crippen molar-refractivity contribution in [2.24, 2.45) is 5.92 Å². The maximum absolute atomic E-state index is 13.8. The number of rotatable bonds is 5. The second-order valence-electron chi connectivity index (χ2n) is 8.14. The van der Waals surface area contributed by atoms with Crippen LogP contribution in [0.3, 0.4) is 0 Å². The molecular weight excluding hydrogens is 397 g/mol. The van der Waals surface area contributed by atoms with Crippen LogP contribution < -0.4 is 15.5 Å². The van der Waals surface area contributed by atoms with Crippen LogP contribution >= 0.6 is 0 Å². The molecule has 31 heavy (non-hydrogen) atoms. The number of furan rings is 1. The molecule has 7 heteroatoms. The molecule has 6 nitrogen and oxygen atoms in total. The van der Waals surface area contributed by atoms with E-state index < -0.39 is 17.6 Å². The summed E-state index contributed by atoms with van der Waals surface area (Å²) in [6, 6.07) is 13.6. The summed E-state index contributed by atoms with van der Waals surface area (Å²) in [5, 5.41) is 5.40. The molecule has 1 aliphatic carbocycles. The highest BCUT2D eigenvalue weighted by Gasteiger charge is 2.37. The van der Waals surface area contributed by atoms with Gasteiger partial charge in [0.2, 0.25) is 0 Å². The zero-order valence-corrected chi connectivity index (χ0v) is 16.8. The molecule has 2 aromatic carbocycles. The van der Waals surface area contributed by atoms with E-state index in [2.05, 4.69) is 15.5 Å². The van der Waals surface area contributed by atoms with Gasteiger partial charge < -0.3 is 20.0 Å². The first kappa shape index (κ1) is 19.4. The Bertz CT molecular complexity index is 1110. The molecule has 2 bridgehead atoms. The zero-order valence-electron chi connectivity index (χ0n) is 16.8. The molecule has 2 fully saturated rings. The Morgan fingerprint density at radius 2 is 1.84 bits per heavy atom. The molecule has 2 N–H and O–H groups in total. The van der Waals surface area contributed by atoms with E-state index in [1.54, 1.807) is 0 Å². The number of carbonyl (C=O) groups is 2. The van der Waals surface area contributed by atoms with Gasteiger partial charge in [-0.2, -0.15) is 0 Å². The van der Waals surface area contributed by atoms with Crippen LogP contribution in [0.25, 0.3) is 0 Å². The van der Waals surface area contributed by atoms with Gasteiger partial charge in [-0.05, 0) is 73.7 Å². The van der Waals surface area contributed by atoms with Crippen molar-refractivity contribution in [3.05, 3.63) is 78.0 Å². The molecule has 0 radical (unpaired) electrons. The molecule has 2 amide bonds. The third-order valence-corrected chi connectivity index (χ3v) is 6.12. The second kappa shape index (κ2) is 7.91. The Balaban J connectivity index is 1.30. The lowest BCUT2D eigenvalue weighted by molar-refractivity contribution is 0.102. The van der Waals surface area contributed by atoms with E-state index in [-0.39, 0.29) is 16.8 Å². The maximum Gasteiger partial charge on any atom is 0.258 e. The minimum atomic E-state index is -0.552. The fraction of sp³-hybridized carbons (Fsp3) is 0.250. The Hall–Kier alpha value is -3.61. The van der Waals surface area contributed by atoms with Gasteiger partial charge in [-0.25, -0.2) is 4.39 Å². The van der Waals surface area contributed by atoms with Crippen LogP contribution in [0.1, 0.15) is 40.0 Å². The van der Waals surface area contributed by atoms with E-state index in [0.717, 1.165) is 18.5 Å². The highest BCUT2D eigenvalue weighted by molar-refractivity contribution is 6.12. The molecule has 5 rings (SSSR count). The van der Waals surface area contributed by atoms with Crippen LogP contribution in [0.5, 0.6) is 0 Å². The molecule has 1 saturated heterocycles. The Labute approximate surface area is 179 Å². The van der Waals surface area contributed by atoms with E-state index >= 15 is 0 Å². The van der Waals surface area contributed by atoms with E-state index in [0.29, 0.717) is 11.7 Å². The molecule has 158 valence electrons. The lowest BCUT2D eigenvalue weighted by Crippen LogP contribution is -2.31. The number of nitrogens with one attached hydrogen (secondary N) is 2. The average Bonchev–Trinajstić information content (AvgIpc) is 3.53. The summed E-state index contributed by atoms with van der Waals surface area (Å²) in [4.78, 5) is 27.6. The van der Waals surface area contributed by atoms with Gasteiger partial charge in [-0.1, -0.05) is 0 Å². The van der Waals surface area contributed by atoms with Gasteiger partial charge in [0.15, 0.2) is 0 Å². The Morgan fingerprint density at radius 1 is 1.00 bits per heavy atom. The molecule has 3 aromatic rings. The summed E-state index contributed by atoms with van der Waals surface area (Å²) >= 11 is 0. The highest BCUT2D eigenvalue weighted by atomic mass is 19.1. The van der Waals surface area contributed by atoms with Gasteiger partial charge in [-0.15, -0.1) is 0 Å². The number of nitrogens with zero attached hydrogens (tertiary/aromatic N) is 1. The SMILES string of the molecule is O=C(Nc1cc(F)ccc1C(=O)Nc1ccc(N2CC3CCC2C3)cc1)c1ccoc1. The third-order valence-electron chi connectivity index (χ3n) is 6.12. The number of halogens is 1. The summed E-state index contributed by atoms with van der Waals surface area (Å²) in [6.45, 7) is 1.10. The van der Waals surface area contributed by atoms with Crippen molar-refractivity contribution in [2.45, 2.75) is 25.3 Å². The molecular formula is C24H22FN3O3. The Kier molecular flexibility index (Phi) is 4.94. The Morgan fingerprint density at radius 3 is 2.52 bits per heavy atom. The van der Waals surface area contributed by atoms with Crippen molar-refractivity contribution in [3.63, 3.8) is 0 Å². The first-order valence-electron chi connectivity index (χ1n) is 10.4. The lowest BCUT2D eigenvalue weighted by atomic mass is 10.1. The van der Waals surface area contributed by atoms with Crippen LogP contribution in [0.2, 0.25) is 0 Å². The van der Waals surface area contributed by atoms with Gasteiger partial charge in [0.25, 0.3) is 11.8 Å². The predicted octanol–water partition coefficient (Wildman–Crippen LogP) is 4.91. The topological polar surface area (TPSA) is 74.6 Å². The minimum absolute atomic E-state index is 0.0911. The summed E-state index contributed by atoms with van der Waals surface area (Å²) in [5.41, 5.74) is 2.34. The predicted molar refractivity (Wildman–Crippen MR) is 116 cm³/mol. The standard InChI is InChI=1S/C24H22FN3O3/c25-17-2-8-21(22(12-17)27-23(29)16-9-10-31-14-16)24(30)26-18-3-6-19(7-4-18)28-13-15-1-5-20(28)11-15/h2-4,6-10,12,14-15,20H,1,5,11,13H2,(H,26,30)(H,27,29). The van der Waals surface area contributed by atoms with Crippen molar-refractivity contribution in [1.29, 1.82) is 0 Å². The van der Waals surface area contributed by atoms with Crippen molar-refractivity contribution < 1.29 is 18.4 Å². The number of piperidine rings is 1. The van der Waals surface area contributed by atoms with E-state index in [1.807, 2.05) is 24.3 Å². The summed E-state index contributed by atoms with van der Waals surface area (Å²) < 4.78 is 18.7. The number of hydrogen-bond acceptors (Lipinski definition) is 4. The number of hydrogen-bond donors (Lipinski definition) is 2. The van der Waals surface area contributed by atoms with Crippen LogP contribution in [0, 0.1) is 11.7 Å². The average molecular weight is 419 g/mol. The van der Waals surface area contributed by atoms with E-state index in [1.165, 1.54) is 55.7 Å². The molecule has 2 aliphatic rings. The van der Waals surface area contributed by atoms with Crippen LogP contribution in [0.4, 0.5) is 21.5 Å². The van der Waals surface area contributed by atoms with Gasteiger partial charge in [0.05, 0.1) is 23.1 Å². The van der Waals surface area contributed by atoms with Crippen molar-refractivity contribution in [1.82, 2.24) is 0 Å². The molecule has 2 unspecified atom stereocenters. The fourth-order valence-electron chi connectivity index (χ4n) is 4.58. The number of amides is 2. The summed E-state index contributed by atoms with van der Waals surface area (Å²) in [6.07, 6.45) is 6.50. The van der Waals surface area contributed by atoms with Crippen LogP contribution in [-0.4, -0.2) is 24.4 Å². The largest absolute Gasteiger partial charge is 0.472 e. The van der Waals surface area contributed by atoms with Crippen LogP contribution in [-0.2, 0) is 0 Å². The van der Waals surface area contributed by atoms with Crippen molar-refractivity contribution in [3.8, 4) is 0 Å². The lowest BCUT2D eigenvalue weighted by Gasteiger charge is -2.29. The molecule has 0 spiro atoms. The zero-order chi connectivity index (χ0) is 21.4. The van der Waals surface area contributed by atoms with Crippen LogP contribution in [0.15, 0.2) is 65.5 Å². The number of carbonyl (C=O) groups excluding carboxylic acids is 2. The van der Waals surface area contributed by atoms with Gasteiger partial charge in [-0.3, -0.25) is 9.59 Å². The summed E-state index contributed by atoms with van der Waals surface area (Å²) in [7, 11) is 0. The first-order valence-corrected chi connectivity index (χ1v) is 10.4. The normalized spacial score (nSPS) is 19.5. The molecule has 1 aliphatic heterocycles. The quantitative estimate of drug-likeness (QED) is 0.616. The van der Waals surface area contributed by atoms with Gasteiger partial charge in [0.1, 0.15) is 12.1 Å². The molecule has 2 atom stereocenters.